The van der Waals surface area contributed by atoms with E-state index >= 15 is 0 Å². The van der Waals surface area contributed by atoms with Gasteiger partial charge in [0.2, 0.25) is 11.8 Å². The minimum Gasteiger partial charge on any atom is -0.477 e. The molecule has 0 radical (unpaired) electrons. The molecule has 4 bridgehead atoms. The lowest BCUT2D eigenvalue weighted by Gasteiger charge is -2.60. The zero-order chi connectivity index (χ0) is 34.9. The molecule has 3 aliphatic carbocycles. The van der Waals surface area contributed by atoms with Crippen LogP contribution in [0.2, 0.25) is 0 Å². The Morgan fingerprint density at radius 3 is 2.35 bits per heavy atom. The van der Waals surface area contributed by atoms with Crippen molar-refractivity contribution in [1.82, 2.24) is 15.3 Å². The highest BCUT2D eigenvalue weighted by Crippen LogP contribution is 2.66. The first-order valence-corrected chi connectivity index (χ1v) is 18.2. The van der Waals surface area contributed by atoms with Crippen molar-refractivity contribution < 1.29 is 35.9 Å². The van der Waals surface area contributed by atoms with Crippen molar-refractivity contribution in [3.63, 3.8) is 0 Å². The van der Waals surface area contributed by atoms with Gasteiger partial charge in [0.15, 0.2) is 0 Å². The Hall–Kier alpha value is -3.87. The molecular weight excluding hydrogens is 657 g/mol. The highest BCUT2D eigenvalue weighted by Gasteiger charge is 2.64. The summed E-state index contributed by atoms with van der Waals surface area (Å²) in [5, 5.41) is 2.85. The lowest BCUT2D eigenvalue weighted by Crippen LogP contribution is -2.57. The van der Waals surface area contributed by atoms with Crippen molar-refractivity contribution in [2.45, 2.75) is 88.7 Å². The molecule has 0 saturated heterocycles. The second-order valence-electron chi connectivity index (χ2n) is 14.8. The van der Waals surface area contributed by atoms with Crippen LogP contribution in [-0.2, 0) is 14.8 Å². The number of hydrogen-bond donors (Lipinski definition) is 2. The molecular formula is C36H41F3N4O5S. The summed E-state index contributed by atoms with van der Waals surface area (Å²) in [6.07, 6.45) is -1.82. The molecule has 3 aromatic rings. The summed E-state index contributed by atoms with van der Waals surface area (Å²) >= 11 is 0. The average Bonchev–Trinajstić information content (AvgIpc) is 3.79. The largest absolute Gasteiger partial charge is 0.477 e. The van der Waals surface area contributed by atoms with Crippen LogP contribution in [0.25, 0.3) is 11.3 Å². The first kappa shape index (κ1) is 33.6. The maximum atomic E-state index is 14.6. The van der Waals surface area contributed by atoms with Crippen LogP contribution in [0.15, 0.2) is 47.4 Å². The number of carbonyl (C=O) groups excluding carboxylic acids is 1. The molecule has 7 rings (SSSR count). The van der Waals surface area contributed by atoms with Crippen molar-refractivity contribution in [2.75, 3.05) is 18.4 Å². The predicted octanol–water partition coefficient (Wildman–Crippen LogP) is 7.61. The molecule has 2 heterocycles. The summed E-state index contributed by atoms with van der Waals surface area (Å²) in [6, 6.07) is 12.3. The van der Waals surface area contributed by atoms with Crippen molar-refractivity contribution >= 4 is 22.1 Å². The average molecular weight is 699 g/mol. The highest BCUT2D eigenvalue weighted by atomic mass is 32.2. The molecule has 262 valence electrons. The molecule has 1 spiro atoms. The fraction of sp³-hybridized carbons (Fsp3) is 0.528. The molecule has 2 aromatic carbocycles. The maximum absolute atomic E-state index is 14.6. The Bertz CT molecular complexity index is 1880. The second kappa shape index (κ2) is 11.9. The van der Waals surface area contributed by atoms with E-state index in [1.54, 1.807) is 19.1 Å². The number of anilines is 1. The SMILES string of the molecule is COC(=O)NC1CC2(C1)CC(C1c3cccc(c3)S(=O)(=O)Nc3nc(c(C)c(-c4c(C)cccc4C)n3)OC[C@H]1CC1(C(F)(F)F)CC1)C2. The van der Waals surface area contributed by atoms with Gasteiger partial charge in [-0.15, -0.1) is 0 Å². The number of methoxy groups -OCH3 is 1. The van der Waals surface area contributed by atoms with Gasteiger partial charge in [-0.05, 0) is 112 Å². The van der Waals surface area contributed by atoms with Gasteiger partial charge in [0, 0.05) is 23.1 Å². The van der Waals surface area contributed by atoms with E-state index in [2.05, 4.69) is 20.0 Å². The lowest BCUT2D eigenvalue weighted by atomic mass is 9.46. The maximum Gasteiger partial charge on any atom is 0.407 e. The number of sulfonamides is 1. The van der Waals surface area contributed by atoms with E-state index in [0.29, 0.717) is 16.8 Å². The number of hydrogen-bond acceptors (Lipinski definition) is 7. The number of fused-ring (bicyclic) bond motifs is 4. The van der Waals surface area contributed by atoms with Gasteiger partial charge in [0.05, 0.1) is 29.7 Å². The third-order valence-electron chi connectivity index (χ3n) is 11.4. The molecule has 13 heteroatoms. The van der Waals surface area contributed by atoms with Gasteiger partial charge in [-0.2, -0.15) is 18.2 Å². The van der Waals surface area contributed by atoms with E-state index < -0.39 is 39.5 Å². The van der Waals surface area contributed by atoms with Crippen LogP contribution >= 0.6 is 0 Å². The number of alkyl carbamates (subject to hydrolysis) is 1. The normalized spacial score (nSPS) is 28.0. The second-order valence-corrected chi connectivity index (χ2v) is 16.4. The third-order valence-corrected chi connectivity index (χ3v) is 12.7. The van der Waals surface area contributed by atoms with E-state index in [-0.39, 0.29) is 60.0 Å². The highest BCUT2D eigenvalue weighted by molar-refractivity contribution is 7.92. The first-order chi connectivity index (χ1) is 23.1. The van der Waals surface area contributed by atoms with Gasteiger partial charge in [-0.25, -0.2) is 22.9 Å². The van der Waals surface area contributed by atoms with Gasteiger partial charge < -0.3 is 14.8 Å². The molecule has 1 unspecified atom stereocenters. The van der Waals surface area contributed by atoms with E-state index in [9.17, 15) is 26.4 Å². The number of aromatic nitrogens is 2. The van der Waals surface area contributed by atoms with Crippen LogP contribution in [0.1, 0.15) is 73.1 Å². The minimum atomic E-state index is -4.37. The third kappa shape index (κ3) is 6.12. The summed E-state index contributed by atoms with van der Waals surface area (Å²) in [5.41, 5.74) is 2.58. The van der Waals surface area contributed by atoms with Gasteiger partial charge in [-0.1, -0.05) is 30.3 Å². The molecule has 3 fully saturated rings. The van der Waals surface area contributed by atoms with Gasteiger partial charge >= 0.3 is 12.3 Å². The summed E-state index contributed by atoms with van der Waals surface area (Å²) in [6.45, 7) is 5.64. The summed E-state index contributed by atoms with van der Waals surface area (Å²) in [7, 11) is -2.86. The van der Waals surface area contributed by atoms with Crippen LogP contribution in [0.5, 0.6) is 5.88 Å². The van der Waals surface area contributed by atoms with Crippen molar-refractivity contribution in [1.29, 1.82) is 0 Å². The van der Waals surface area contributed by atoms with E-state index in [0.717, 1.165) is 42.4 Å². The molecule has 2 N–H and O–H groups in total. The monoisotopic (exact) mass is 698 g/mol. The number of amides is 1. The van der Waals surface area contributed by atoms with Crippen LogP contribution < -0.4 is 14.8 Å². The summed E-state index contributed by atoms with van der Waals surface area (Å²) in [4.78, 5) is 20.9. The van der Waals surface area contributed by atoms with Crippen LogP contribution in [0.4, 0.5) is 23.9 Å². The van der Waals surface area contributed by atoms with Crippen molar-refractivity contribution in [3.05, 3.63) is 64.7 Å². The number of nitrogens with one attached hydrogen (secondary N) is 2. The number of benzene rings is 2. The fourth-order valence-corrected chi connectivity index (χ4v) is 9.79. The molecule has 1 aliphatic heterocycles. The Kier molecular flexibility index (Phi) is 8.15. The molecule has 1 amide bonds. The number of rotatable bonds is 5. The Morgan fingerprint density at radius 1 is 1.04 bits per heavy atom. The molecule has 49 heavy (non-hydrogen) atoms. The van der Waals surface area contributed by atoms with E-state index in [1.807, 2.05) is 38.1 Å². The summed E-state index contributed by atoms with van der Waals surface area (Å²) in [5.74, 6) is -1.02. The number of ether oxygens (including phenoxy) is 2. The van der Waals surface area contributed by atoms with E-state index in [1.165, 1.54) is 13.2 Å². The summed E-state index contributed by atoms with van der Waals surface area (Å²) < 4.78 is 85.1. The Morgan fingerprint density at radius 2 is 1.71 bits per heavy atom. The number of carbonyl (C=O) groups is 1. The quantitative estimate of drug-likeness (QED) is 0.282. The molecule has 4 aliphatic rings. The Labute approximate surface area is 284 Å². The van der Waals surface area contributed by atoms with Crippen LogP contribution in [0.3, 0.4) is 0 Å². The minimum absolute atomic E-state index is 0.00204. The molecule has 2 atom stereocenters. The lowest BCUT2D eigenvalue weighted by molar-refractivity contribution is -0.194. The van der Waals surface area contributed by atoms with Gasteiger partial charge in [0.1, 0.15) is 0 Å². The number of nitrogens with zero attached hydrogens (tertiary/aromatic N) is 2. The van der Waals surface area contributed by atoms with E-state index in [4.69, 9.17) is 9.47 Å². The van der Waals surface area contributed by atoms with Crippen LogP contribution in [0, 0.1) is 43.4 Å². The smallest absolute Gasteiger partial charge is 0.407 e. The zero-order valence-corrected chi connectivity index (χ0v) is 28.8. The zero-order valence-electron chi connectivity index (χ0n) is 28.0. The van der Waals surface area contributed by atoms with Crippen LogP contribution in [-0.4, -0.2) is 50.4 Å². The number of halogens is 3. The standard InChI is InChI=1S/C36H41F3N4O5S/c1-20-7-5-8-21(2)28(20)30-22(3)31-42-32(41-30)43-49(45,46)27-10-6-9-23(13-27)29(25(19-48-31)16-35(11-12-35)36(37,38)39)24-14-34(15-24)17-26(18-34)40-33(44)47-4/h5-10,13,24-26,29H,11-12,14-19H2,1-4H3,(H,40,44)(H,41,42,43)/t24?,25-,26?,29?,34?/m1/s1. The fourth-order valence-electron chi connectivity index (χ4n) is 8.80. The van der Waals surface area contributed by atoms with Gasteiger partial charge in [-0.3, -0.25) is 0 Å². The number of alkyl halides is 3. The molecule has 3 saturated carbocycles. The molecule has 9 nitrogen and oxygen atoms in total. The Balaban J connectivity index is 1.30. The first-order valence-electron chi connectivity index (χ1n) is 16.7. The topological polar surface area (TPSA) is 120 Å². The predicted molar refractivity (Wildman–Crippen MR) is 177 cm³/mol. The number of aryl methyl sites for hydroxylation is 2. The molecule has 1 aromatic heterocycles. The van der Waals surface area contributed by atoms with Crippen molar-refractivity contribution in [3.8, 4) is 17.1 Å². The van der Waals surface area contributed by atoms with Gasteiger partial charge in [0.25, 0.3) is 10.0 Å². The van der Waals surface area contributed by atoms with Crippen molar-refractivity contribution in [2.24, 2.45) is 22.7 Å².